The molecule has 0 saturated heterocycles. The van der Waals surface area contributed by atoms with Gasteiger partial charge in [-0.3, -0.25) is 4.68 Å². The van der Waals surface area contributed by atoms with Crippen molar-refractivity contribution < 1.29 is 9.47 Å². The number of nitrogens with zero attached hydrogens (tertiary/aromatic N) is 2. The molecule has 1 aliphatic rings. The second-order valence-corrected chi connectivity index (χ2v) is 6.80. The Morgan fingerprint density at radius 1 is 1.04 bits per heavy atom. The number of halogens is 1. The van der Waals surface area contributed by atoms with Crippen molar-refractivity contribution in [3.8, 4) is 11.5 Å². The van der Waals surface area contributed by atoms with Gasteiger partial charge < -0.3 is 14.8 Å². The molecule has 0 atom stereocenters. The molecule has 0 radical (unpaired) electrons. The number of aromatic nitrogens is 2. The van der Waals surface area contributed by atoms with Crippen molar-refractivity contribution in [2.75, 3.05) is 6.79 Å². The number of ether oxygens (including phenoxy) is 2. The quantitative estimate of drug-likeness (QED) is 0.686. The molecule has 0 spiro atoms. The first-order valence-electron chi connectivity index (χ1n) is 8.12. The number of hydrogen-bond acceptors (Lipinski definition) is 4. The maximum atomic E-state index is 5.45. The van der Waals surface area contributed by atoms with Crippen molar-refractivity contribution >= 4 is 15.9 Å². The predicted octanol–water partition coefficient (Wildman–Crippen LogP) is 3.71. The van der Waals surface area contributed by atoms with E-state index in [1.165, 1.54) is 5.56 Å². The number of benzene rings is 2. The zero-order valence-corrected chi connectivity index (χ0v) is 15.2. The molecular weight excluding hydrogens is 382 g/mol. The van der Waals surface area contributed by atoms with Crippen LogP contribution in [0.5, 0.6) is 11.5 Å². The highest BCUT2D eigenvalue weighted by Gasteiger charge is 2.17. The van der Waals surface area contributed by atoms with Crippen LogP contribution in [0, 0.1) is 0 Å². The minimum atomic E-state index is 0.283. The summed E-state index contributed by atoms with van der Waals surface area (Å²) in [5.41, 5.74) is 3.55. The highest BCUT2D eigenvalue weighted by molar-refractivity contribution is 9.10. The normalized spacial score (nSPS) is 12.5. The van der Waals surface area contributed by atoms with Crippen LogP contribution in [-0.2, 0) is 19.6 Å². The zero-order valence-electron chi connectivity index (χ0n) is 13.6. The Kier molecular flexibility index (Phi) is 4.72. The van der Waals surface area contributed by atoms with Gasteiger partial charge in [-0.05, 0) is 39.2 Å². The molecule has 4 rings (SSSR count). The summed E-state index contributed by atoms with van der Waals surface area (Å²) in [6, 6.07) is 14.4. The van der Waals surface area contributed by atoms with Crippen LogP contribution in [0.25, 0.3) is 0 Å². The maximum absolute atomic E-state index is 5.45. The summed E-state index contributed by atoms with van der Waals surface area (Å²) in [5.74, 6) is 1.58. The molecule has 0 fully saturated rings. The summed E-state index contributed by atoms with van der Waals surface area (Å²) in [4.78, 5) is 0. The van der Waals surface area contributed by atoms with E-state index in [-0.39, 0.29) is 6.79 Å². The van der Waals surface area contributed by atoms with E-state index in [0.29, 0.717) is 0 Å². The molecule has 1 N–H and O–H groups in total. The molecule has 3 aromatic rings. The molecule has 0 aliphatic carbocycles. The number of rotatable bonds is 6. The molecule has 0 amide bonds. The van der Waals surface area contributed by atoms with Crippen LogP contribution in [-0.4, -0.2) is 16.6 Å². The second kappa shape index (κ2) is 7.29. The Labute approximate surface area is 154 Å². The van der Waals surface area contributed by atoms with Crippen LogP contribution >= 0.6 is 15.9 Å². The molecule has 0 bridgehead atoms. The first-order chi connectivity index (χ1) is 12.3. The van der Waals surface area contributed by atoms with E-state index < -0.39 is 0 Å². The summed E-state index contributed by atoms with van der Waals surface area (Å²) < 4.78 is 13.7. The van der Waals surface area contributed by atoms with Gasteiger partial charge in [0, 0.05) is 24.8 Å². The Bertz CT molecular complexity index is 864. The van der Waals surface area contributed by atoms with Gasteiger partial charge in [0.05, 0.1) is 17.2 Å². The largest absolute Gasteiger partial charge is 0.454 e. The third kappa shape index (κ3) is 3.86. The lowest BCUT2D eigenvalue weighted by Crippen LogP contribution is -2.12. The van der Waals surface area contributed by atoms with E-state index in [1.807, 2.05) is 35.1 Å². The van der Waals surface area contributed by atoms with E-state index in [0.717, 1.165) is 46.7 Å². The van der Waals surface area contributed by atoms with Crippen LogP contribution in [0.3, 0.4) is 0 Å². The van der Waals surface area contributed by atoms with Crippen LogP contribution in [0.1, 0.15) is 16.7 Å². The molecule has 6 heteroatoms. The number of hydrogen-bond donors (Lipinski definition) is 1. The summed E-state index contributed by atoms with van der Waals surface area (Å²) in [7, 11) is 0. The van der Waals surface area contributed by atoms with Gasteiger partial charge in [0.1, 0.15) is 0 Å². The van der Waals surface area contributed by atoms with Gasteiger partial charge in [0.25, 0.3) is 0 Å². The van der Waals surface area contributed by atoms with E-state index in [1.54, 1.807) is 0 Å². The highest BCUT2D eigenvalue weighted by atomic mass is 79.9. The van der Waals surface area contributed by atoms with Gasteiger partial charge >= 0.3 is 0 Å². The zero-order chi connectivity index (χ0) is 17.1. The molecule has 0 unspecified atom stereocenters. The van der Waals surface area contributed by atoms with Crippen molar-refractivity contribution in [1.82, 2.24) is 15.1 Å². The Hall–Kier alpha value is -2.31. The van der Waals surface area contributed by atoms with Crippen molar-refractivity contribution in [2.45, 2.75) is 19.6 Å². The standard InChI is InChI=1S/C19H18BrN3O2/c20-17-6-15(7-18-19(17)25-13-24-18)8-21-9-16-10-22-23(12-16)11-14-4-2-1-3-5-14/h1-7,10,12,21H,8-9,11,13H2. The molecule has 2 heterocycles. The SMILES string of the molecule is Brc1cc(CNCc2cnn(Cc3ccccc3)c2)cc2c1OCO2. The Balaban J connectivity index is 1.33. The van der Waals surface area contributed by atoms with Gasteiger partial charge in [0.15, 0.2) is 11.5 Å². The van der Waals surface area contributed by atoms with Crippen molar-refractivity contribution in [1.29, 1.82) is 0 Å². The number of nitrogens with one attached hydrogen (secondary N) is 1. The summed E-state index contributed by atoms with van der Waals surface area (Å²) in [5, 5.41) is 7.87. The van der Waals surface area contributed by atoms with Crippen LogP contribution in [0.15, 0.2) is 59.3 Å². The van der Waals surface area contributed by atoms with Crippen LogP contribution in [0.4, 0.5) is 0 Å². The van der Waals surface area contributed by atoms with Crippen molar-refractivity contribution in [2.24, 2.45) is 0 Å². The molecule has 1 aliphatic heterocycles. The first kappa shape index (κ1) is 16.2. The van der Waals surface area contributed by atoms with E-state index in [9.17, 15) is 0 Å². The molecule has 128 valence electrons. The summed E-state index contributed by atoms with van der Waals surface area (Å²) >= 11 is 3.52. The average molecular weight is 400 g/mol. The maximum Gasteiger partial charge on any atom is 0.231 e. The van der Waals surface area contributed by atoms with Gasteiger partial charge in [-0.2, -0.15) is 5.10 Å². The van der Waals surface area contributed by atoms with Crippen molar-refractivity contribution in [3.63, 3.8) is 0 Å². The fourth-order valence-corrected chi connectivity index (χ4v) is 3.43. The third-order valence-electron chi connectivity index (χ3n) is 4.02. The van der Waals surface area contributed by atoms with Crippen molar-refractivity contribution in [3.05, 3.63) is 76.0 Å². The fourth-order valence-electron chi connectivity index (χ4n) is 2.83. The van der Waals surface area contributed by atoms with Gasteiger partial charge in [0.2, 0.25) is 6.79 Å². The first-order valence-corrected chi connectivity index (χ1v) is 8.91. The molecule has 1 aromatic heterocycles. The van der Waals surface area contributed by atoms with Gasteiger partial charge in [-0.25, -0.2) is 0 Å². The lowest BCUT2D eigenvalue weighted by molar-refractivity contribution is 0.173. The minimum absolute atomic E-state index is 0.283. The summed E-state index contributed by atoms with van der Waals surface area (Å²) in [6.45, 7) is 2.58. The lowest BCUT2D eigenvalue weighted by Gasteiger charge is -2.06. The molecular formula is C19H18BrN3O2. The smallest absolute Gasteiger partial charge is 0.231 e. The molecule has 0 saturated carbocycles. The lowest BCUT2D eigenvalue weighted by atomic mass is 10.2. The minimum Gasteiger partial charge on any atom is -0.454 e. The highest BCUT2D eigenvalue weighted by Crippen LogP contribution is 2.39. The predicted molar refractivity (Wildman–Crippen MR) is 98.6 cm³/mol. The van der Waals surface area contributed by atoms with Crippen LogP contribution in [0.2, 0.25) is 0 Å². The topological polar surface area (TPSA) is 48.3 Å². The van der Waals surface area contributed by atoms with E-state index >= 15 is 0 Å². The van der Waals surface area contributed by atoms with E-state index in [2.05, 4.69) is 50.7 Å². The monoisotopic (exact) mass is 399 g/mol. The fraction of sp³-hybridized carbons (Fsp3) is 0.211. The third-order valence-corrected chi connectivity index (χ3v) is 4.61. The van der Waals surface area contributed by atoms with Crippen LogP contribution < -0.4 is 14.8 Å². The number of fused-ring (bicyclic) bond motifs is 1. The second-order valence-electron chi connectivity index (χ2n) is 5.95. The Morgan fingerprint density at radius 2 is 1.88 bits per heavy atom. The van der Waals surface area contributed by atoms with Gasteiger partial charge in [-0.15, -0.1) is 0 Å². The summed E-state index contributed by atoms with van der Waals surface area (Å²) in [6.07, 6.45) is 3.99. The van der Waals surface area contributed by atoms with Gasteiger partial charge in [-0.1, -0.05) is 30.3 Å². The molecule has 5 nitrogen and oxygen atoms in total. The Morgan fingerprint density at radius 3 is 2.76 bits per heavy atom. The van der Waals surface area contributed by atoms with E-state index in [4.69, 9.17) is 9.47 Å². The molecule has 2 aromatic carbocycles. The average Bonchev–Trinajstić information content (AvgIpc) is 3.25. The molecule has 25 heavy (non-hydrogen) atoms.